The molecule has 0 heterocycles. The van der Waals surface area contributed by atoms with Crippen molar-refractivity contribution >= 4 is 61.5 Å². The molecule has 2 amide bonds. The average molecular weight is 551 g/mol. The Morgan fingerprint density at radius 1 is 0.944 bits per heavy atom. The highest BCUT2D eigenvalue weighted by molar-refractivity contribution is 7.92. The molecule has 1 unspecified atom stereocenters. The zero-order valence-corrected chi connectivity index (χ0v) is 22.9. The second-order valence-electron chi connectivity index (χ2n) is 8.88. The Hall–Kier alpha value is -2.81. The lowest BCUT2D eigenvalue weighted by Crippen LogP contribution is -2.52. The molecule has 0 bridgehead atoms. The average Bonchev–Trinajstić information content (AvgIpc) is 2.81. The number of benzene rings is 3. The highest BCUT2D eigenvalue weighted by atomic mass is 35.5. The fourth-order valence-electron chi connectivity index (χ4n) is 3.84. The van der Waals surface area contributed by atoms with Crippen molar-refractivity contribution in [1.82, 2.24) is 10.2 Å². The standard InChI is InChI=1S/C26H29Cl2N3O4S/c1-17(2)29-26(33)18(3)30(15-19-12-13-22(27)23(28)14-19)25(32)16-31(36(4,34)35)24-11-7-9-20-8-5-6-10-21(20)24/h5-14,17-18H,15-16H2,1-4H3,(H,29,33). The van der Waals surface area contributed by atoms with E-state index in [1.54, 1.807) is 43.3 Å². The highest BCUT2D eigenvalue weighted by Gasteiger charge is 2.31. The monoisotopic (exact) mass is 549 g/mol. The van der Waals surface area contributed by atoms with Crippen LogP contribution >= 0.6 is 23.2 Å². The number of sulfonamides is 1. The van der Waals surface area contributed by atoms with Gasteiger partial charge in [-0.25, -0.2) is 8.42 Å². The minimum atomic E-state index is -3.84. The van der Waals surface area contributed by atoms with Crippen LogP contribution in [-0.4, -0.2) is 50.0 Å². The van der Waals surface area contributed by atoms with Gasteiger partial charge in [0.15, 0.2) is 0 Å². The first-order valence-electron chi connectivity index (χ1n) is 11.4. The number of carbonyl (C=O) groups is 2. The molecule has 0 radical (unpaired) electrons. The second kappa shape index (κ2) is 11.5. The summed E-state index contributed by atoms with van der Waals surface area (Å²) < 4.78 is 26.8. The quantitative estimate of drug-likeness (QED) is 0.413. The molecule has 36 heavy (non-hydrogen) atoms. The third-order valence-corrected chi connectivity index (χ3v) is 7.52. The van der Waals surface area contributed by atoms with Crippen molar-refractivity contribution in [3.05, 3.63) is 76.3 Å². The van der Waals surface area contributed by atoms with E-state index in [4.69, 9.17) is 23.2 Å². The molecule has 0 aliphatic rings. The van der Waals surface area contributed by atoms with Crippen LogP contribution in [0.4, 0.5) is 5.69 Å². The molecule has 0 aliphatic carbocycles. The topological polar surface area (TPSA) is 86.8 Å². The Morgan fingerprint density at radius 2 is 1.61 bits per heavy atom. The molecule has 0 saturated heterocycles. The molecule has 0 fully saturated rings. The van der Waals surface area contributed by atoms with Gasteiger partial charge in [0.1, 0.15) is 12.6 Å². The van der Waals surface area contributed by atoms with E-state index in [0.29, 0.717) is 26.7 Å². The summed E-state index contributed by atoms with van der Waals surface area (Å²) >= 11 is 12.2. The van der Waals surface area contributed by atoms with Gasteiger partial charge in [0.2, 0.25) is 21.8 Å². The van der Waals surface area contributed by atoms with Gasteiger partial charge in [-0.05, 0) is 49.9 Å². The Labute approximate surface area is 222 Å². The van der Waals surface area contributed by atoms with Crippen molar-refractivity contribution < 1.29 is 18.0 Å². The van der Waals surface area contributed by atoms with Crippen molar-refractivity contribution in [3.63, 3.8) is 0 Å². The Balaban J connectivity index is 2.01. The number of halogens is 2. The van der Waals surface area contributed by atoms with Gasteiger partial charge in [0, 0.05) is 18.0 Å². The van der Waals surface area contributed by atoms with Crippen LogP contribution < -0.4 is 9.62 Å². The number of nitrogens with one attached hydrogen (secondary N) is 1. The molecule has 0 spiro atoms. The number of carbonyl (C=O) groups excluding carboxylic acids is 2. The lowest BCUT2D eigenvalue weighted by molar-refractivity contribution is -0.139. The van der Waals surface area contributed by atoms with Crippen LogP contribution in [0.3, 0.4) is 0 Å². The maximum atomic E-state index is 13.7. The molecule has 3 rings (SSSR count). The fourth-order valence-corrected chi connectivity index (χ4v) is 5.03. The molecular weight excluding hydrogens is 521 g/mol. The third-order valence-electron chi connectivity index (χ3n) is 5.65. The molecule has 192 valence electrons. The second-order valence-corrected chi connectivity index (χ2v) is 11.6. The lowest BCUT2D eigenvalue weighted by Gasteiger charge is -2.32. The molecule has 1 atom stereocenters. The summed E-state index contributed by atoms with van der Waals surface area (Å²) in [5, 5.41) is 5.03. The zero-order valence-electron chi connectivity index (χ0n) is 20.5. The molecule has 3 aromatic carbocycles. The van der Waals surface area contributed by atoms with Crippen LogP contribution in [0.25, 0.3) is 10.8 Å². The van der Waals surface area contributed by atoms with Crippen LogP contribution in [0, 0.1) is 0 Å². The zero-order chi connectivity index (χ0) is 26.6. The fraction of sp³-hybridized carbons (Fsp3) is 0.308. The van der Waals surface area contributed by atoms with Gasteiger partial charge >= 0.3 is 0 Å². The predicted molar refractivity (Wildman–Crippen MR) is 146 cm³/mol. The molecule has 10 heteroatoms. The summed E-state index contributed by atoms with van der Waals surface area (Å²) in [6.07, 6.45) is 1.06. The number of nitrogens with zero attached hydrogens (tertiary/aromatic N) is 2. The maximum absolute atomic E-state index is 13.7. The van der Waals surface area contributed by atoms with Crippen molar-refractivity contribution in [1.29, 1.82) is 0 Å². The SMILES string of the molecule is CC(C)NC(=O)C(C)N(Cc1ccc(Cl)c(Cl)c1)C(=O)CN(c1cccc2ccccc12)S(C)(=O)=O. The van der Waals surface area contributed by atoms with Gasteiger partial charge in [-0.3, -0.25) is 13.9 Å². The molecule has 7 nitrogen and oxygen atoms in total. The van der Waals surface area contributed by atoms with Gasteiger partial charge in [-0.2, -0.15) is 0 Å². The minimum absolute atomic E-state index is 0.0372. The first-order chi connectivity index (χ1) is 16.9. The van der Waals surface area contributed by atoms with E-state index in [-0.39, 0.29) is 18.5 Å². The van der Waals surface area contributed by atoms with E-state index in [0.717, 1.165) is 15.9 Å². The summed E-state index contributed by atoms with van der Waals surface area (Å²) in [6.45, 7) is 4.81. The third kappa shape index (κ3) is 6.69. The maximum Gasteiger partial charge on any atom is 0.244 e. The Kier molecular flexibility index (Phi) is 8.87. The van der Waals surface area contributed by atoms with Gasteiger partial charge in [-0.1, -0.05) is 65.7 Å². The first-order valence-corrected chi connectivity index (χ1v) is 14.0. The van der Waals surface area contributed by atoms with E-state index in [1.807, 2.05) is 38.1 Å². The number of anilines is 1. The van der Waals surface area contributed by atoms with E-state index in [9.17, 15) is 18.0 Å². The van der Waals surface area contributed by atoms with Crippen molar-refractivity contribution in [2.45, 2.75) is 39.4 Å². The van der Waals surface area contributed by atoms with Gasteiger partial charge in [0.05, 0.1) is 22.0 Å². The first kappa shape index (κ1) is 27.8. The van der Waals surface area contributed by atoms with Crippen molar-refractivity contribution in [2.75, 3.05) is 17.1 Å². The normalized spacial score (nSPS) is 12.4. The van der Waals surface area contributed by atoms with Crippen LogP contribution in [-0.2, 0) is 26.2 Å². The van der Waals surface area contributed by atoms with Crippen LogP contribution in [0.15, 0.2) is 60.7 Å². The van der Waals surface area contributed by atoms with Gasteiger partial charge < -0.3 is 10.2 Å². The summed E-state index contributed by atoms with van der Waals surface area (Å²) in [7, 11) is -3.84. The van der Waals surface area contributed by atoms with E-state index >= 15 is 0 Å². The van der Waals surface area contributed by atoms with Crippen LogP contribution in [0.2, 0.25) is 10.0 Å². The molecule has 1 N–H and O–H groups in total. The largest absolute Gasteiger partial charge is 0.352 e. The number of fused-ring (bicyclic) bond motifs is 1. The number of hydrogen-bond donors (Lipinski definition) is 1. The predicted octanol–water partition coefficient (Wildman–Crippen LogP) is 4.85. The molecule has 0 aromatic heterocycles. The summed E-state index contributed by atoms with van der Waals surface area (Å²) in [6, 6.07) is 16.6. The smallest absolute Gasteiger partial charge is 0.244 e. The van der Waals surface area contributed by atoms with Gasteiger partial charge in [0.25, 0.3) is 0 Å². The Morgan fingerprint density at radius 3 is 2.25 bits per heavy atom. The molecule has 3 aromatic rings. The Bertz CT molecular complexity index is 1370. The minimum Gasteiger partial charge on any atom is -0.352 e. The molecule has 0 saturated carbocycles. The summed E-state index contributed by atoms with van der Waals surface area (Å²) in [4.78, 5) is 27.9. The summed E-state index contributed by atoms with van der Waals surface area (Å²) in [5.41, 5.74) is 1.04. The number of amides is 2. The summed E-state index contributed by atoms with van der Waals surface area (Å²) in [5.74, 6) is -0.889. The lowest BCUT2D eigenvalue weighted by atomic mass is 10.1. The van der Waals surface area contributed by atoms with Crippen LogP contribution in [0.5, 0.6) is 0 Å². The van der Waals surface area contributed by atoms with E-state index in [1.165, 1.54) is 4.90 Å². The van der Waals surface area contributed by atoms with Gasteiger partial charge in [-0.15, -0.1) is 0 Å². The van der Waals surface area contributed by atoms with E-state index in [2.05, 4.69) is 5.32 Å². The van der Waals surface area contributed by atoms with E-state index < -0.39 is 28.5 Å². The van der Waals surface area contributed by atoms with Crippen molar-refractivity contribution in [2.24, 2.45) is 0 Å². The van der Waals surface area contributed by atoms with Crippen molar-refractivity contribution in [3.8, 4) is 0 Å². The number of rotatable bonds is 9. The molecule has 0 aliphatic heterocycles. The van der Waals surface area contributed by atoms with Crippen LogP contribution in [0.1, 0.15) is 26.3 Å². The molecular formula is C26H29Cl2N3O4S. The highest BCUT2D eigenvalue weighted by Crippen LogP contribution is 2.29. The number of hydrogen-bond acceptors (Lipinski definition) is 4.